The highest BCUT2D eigenvalue weighted by Gasteiger charge is 2.62. The molecule has 6 rings (SSSR count). The molecular formula is C30H29F2N5O3S. The van der Waals surface area contributed by atoms with E-state index in [0.29, 0.717) is 27.9 Å². The van der Waals surface area contributed by atoms with E-state index in [1.54, 1.807) is 17.8 Å². The summed E-state index contributed by atoms with van der Waals surface area (Å²) in [6.45, 7) is 4.81. The number of ether oxygens (including phenoxy) is 1. The van der Waals surface area contributed by atoms with Crippen LogP contribution < -0.4 is 20.5 Å². The molecule has 212 valence electrons. The molecule has 2 saturated carbocycles. The van der Waals surface area contributed by atoms with Gasteiger partial charge in [0, 0.05) is 31.7 Å². The van der Waals surface area contributed by atoms with Crippen molar-refractivity contribution in [2.24, 2.45) is 11.8 Å². The zero-order valence-corrected chi connectivity index (χ0v) is 23.5. The summed E-state index contributed by atoms with van der Waals surface area (Å²) in [7, 11) is 1.91. The minimum atomic E-state index is -0.893. The molecule has 3 atom stereocenters. The number of aromatic nitrogens is 3. The van der Waals surface area contributed by atoms with Gasteiger partial charge in [0.25, 0.3) is 5.91 Å². The first-order chi connectivity index (χ1) is 19.7. The van der Waals surface area contributed by atoms with Crippen molar-refractivity contribution < 1.29 is 18.3 Å². The van der Waals surface area contributed by atoms with Crippen LogP contribution in [0.1, 0.15) is 47.2 Å². The zero-order chi connectivity index (χ0) is 28.9. The molecule has 11 heteroatoms. The molecular weight excluding hydrogens is 548 g/mol. The Balaban J connectivity index is 1.41. The van der Waals surface area contributed by atoms with Gasteiger partial charge in [-0.15, -0.1) is 10.2 Å². The number of hydrogen-bond donors (Lipinski definition) is 1. The second-order valence-electron chi connectivity index (χ2n) is 10.6. The molecule has 2 aromatic heterocycles. The number of carbonyl (C=O) groups is 1. The number of amides is 1. The Morgan fingerprint density at radius 1 is 1.27 bits per heavy atom. The second kappa shape index (κ2) is 10.4. The molecule has 1 N–H and O–H groups in total. The minimum Gasteiger partial charge on any atom is -0.482 e. The first-order valence-corrected chi connectivity index (χ1v) is 14.3. The Hall–Kier alpha value is -4.12. The topological polar surface area (TPSA) is 89.3 Å². The molecule has 0 bridgehead atoms. The second-order valence-corrected chi connectivity index (χ2v) is 11.7. The fraction of sp³-hybridized carbons (Fsp3) is 0.333. The molecule has 0 radical (unpaired) electrons. The van der Waals surface area contributed by atoms with Gasteiger partial charge in [-0.1, -0.05) is 54.3 Å². The minimum absolute atomic E-state index is 0.0574. The van der Waals surface area contributed by atoms with Gasteiger partial charge in [-0.05, 0) is 43.2 Å². The molecule has 3 heterocycles. The highest BCUT2D eigenvalue weighted by molar-refractivity contribution is 7.14. The van der Waals surface area contributed by atoms with Crippen molar-refractivity contribution in [3.8, 4) is 16.3 Å². The summed E-state index contributed by atoms with van der Waals surface area (Å²) in [5.74, 6) is -1.14. The molecule has 3 aliphatic rings. The zero-order valence-electron chi connectivity index (χ0n) is 22.7. The van der Waals surface area contributed by atoms with Gasteiger partial charge in [0.05, 0.1) is 5.56 Å². The number of rotatable bonds is 8. The lowest BCUT2D eigenvalue weighted by atomic mass is 10.0. The molecule has 1 aliphatic heterocycles. The van der Waals surface area contributed by atoms with Crippen LogP contribution >= 0.6 is 11.3 Å². The Morgan fingerprint density at radius 2 is 2.05 bits per heavy atom. The molecule has 8 nitrogen and oxygen atoms in total. The third-order valence-corrected chi connectivity index (χ3v) is 9.18. The molecule has 2 aliphatic carbocycles. The third kappa shape index (κ3) is 4.77. The van der Waals surface area contributed by atoms with E-state index in [2.05, 4.69) is 22.1 Å². The van der Waals surface area contributed by atoms with Crippen molar-refractivity contribution in [2.45, 2.75) is 44.9 Å². The highest BCUT2D eigenvalue weighted by Crippen LogP contribution is 2.58. The SMILES string of the molecule is C=C(F)/C=C(F)\C(=C/C)Cc1nnc(-c2cn3c(c(OCc4ccccc4)c2=O)C(=O)NC2(CCC4CC42)N3C)s1. The molecule has 41 heavy (non-hydrogen) atoms. The van der Waals surface area contributed by atoms with E-state index in [-0.39, 0.29) is 41.5 Å². The van der Waals surface area contributed by atoms with Crippen molar-refractivity contribution in [1.29, 1.82) is 0 Å². The number of halogens is 2. The summed E-state index contributed by atoms with van der Waals surface area (Å²) in [6.07, 6.45) is 6.82. The quantitative estimate of drug-likeness (QED) is 0.370. The number of nitrogens with zero attached hydrogens (tertiary/aromatic N) is 4. The van der Waals surface area contributed by atoms with Crippen LogP contribution in [0, 0.1) is 11.8 Å². The maximum Gasteiger partial charge on any atom is 0.275 e. The largest absolute Gasteiger partial charge is 0.482 e. The molecule has 2 fully saturated rings. The fourth-order valence-corrected chi connectivity index (χ4v) is 6.89. The number of fused-ring (bicyclic) bond motifs is 3. The predicted octanol–water partition coefficient (Wildman–Crippen LogP) is 5.21. The maximum absolute atomic E-state index is 14.5. The van der Waals surface area contributed by atoms with Crippen LogP contribution in [-0.2, 0) is 13.0 Å². The third-order valence-electron chi connectivity index (χ3n) is 8.23. The van der Waals surface area contributed by atoms with Crippen molar-refractivity contribution in [3.63, 3.8) is 0 Å². The van der Waals surface area contributed by atoms with Gasteiger partial charge < -0.3 is 10.1 Å². The molecule has 1 aromatic carbocycles. The van der Waals surface area contributed by atoms with Crippen LogP contribution in [0.3, 0.4) is 0 Å². The van der Waals surface area contributed by atoms with Crippen LogP contribution in [0.2, 0.25) is 0 Å². The van der Waals surface area contributed by atoms with Gasteiger partial charge in [-0.25, -0.2) is 8.78 Å². The van der Waals surface area contributed by atoms with E-state index in [9.17, 15) is 18.4 Å². The van der Waals surface area contributed by atoms with Gasteiger partial charge in [0.15, 0.2) is 16.5 Å². The maximum atomic E-state index is 14.5. The van der Waals surface area contributed by atoms with Crippen LogP contribution in [0.5, 0.6) is 5.75 Å². The normalized spacial score (nSPS) is 23.3. The van der Waals surface area contributed by atoms with Gasteiger partial charge >= 0.3 is 0 Å². The molecule has 1 spiro atoms. The van der Waals surface area contributed by atoms with E-state index < -0.39 is 22.7 Å². The Bertz CT molecular complexity index is 1660. The van der Waals surface area contributed by atoms with Crippen molar-refractivity contribution >= 4 is 17.2 Å². The number of allylic oxidation sites excluding steroid dienone is 5. The van der Waals surface area contributed by atoms with E-state index >= 15 is 0 Å². The van der Waals surface area contributed by atoms with Gasteiger partial charge in [0.1, 0.15) is 28.9 Å². The van der Waals surface area contributed by atoms with Gasteiger partial charge in [-0.3, -0.25) is 19.3 Å². The first-order valence-electron chi connectivity index (χ1n) is 13.4. The fourth-order valence-electron chi connectivity index (χ4n) is 6.02. The highest BCUT2D eigenvalue weighted by atomic mass is 32.1. The summed E-state index contributed by atoms with van der Waals surface area (Å²) in [5.41, 5.74) is 0.395. The lowest BCUT2D eigenvalue weighted by Crippen LogP contribution is -2.68. The van der Waals surface area contributed by atoms with Crippen LogP contribution in [0.15, 0.2) is 77.3 Å². The van der Waals surface area contributed by atoms with Gasteiger partial charge in [-0.2, -0.15) is 0 Å². The van der Waals surface area contributed by atoms with E-state index in [1.165, 1.54) is 6.08 Å². The lowest BCUT2D eigenvalue weighted by Gasteiger charge is -2.47. The number of pyridine rings is 1. The molecule has 3 unspecified atom stereocenters. The average molecular weight is 578 g/mol. The smallest absolute Gasteiger partial charge is 0.275 e. The van der Waals surface area contributed by atoms with Crippen molar-refractivity contribution in [1.82, 2.24) is 20.2 Å². The average Bonchev–Trinajstić information content (AvgIpc) is 3.46. The molecule has 0 saturated heterocycles. The lowest BCUT2D eigenvalue weighted by molar-refractivity contribution is 0.0801. The summed E-state index contributed by atoms with van der Waals surface area (Å²) < 4.78 is 35.4. The molecule has 1 amide bonds. The number of hydrogen-bond acceptors (Lipinski definition) is 7. The predicted molar refractivity (Wildman–Crippen MR) is 152 cm³/mol. The summed E-state index contributed by atoms with van der Waals surface area (Å²) >= 11 is 1.13. The monoisotopic (exact) mass is 577 g/mol. The molecule has 3 aromatic rings. The van der Waals surface area contributed by atoms with Gasteiger partial charge in [0.2, 0.25) is 5.43 Å². The van der Waals surface area contributed by atoms with Crippen LogP contribution in [-0.4, -0.2) is 33.5 Å². The van der Waals surface area contributed by atoms with Crippen molar-refractivity contribution in [2.75, 3.05) is 12.1 Å². The number of carbonyl (C=O) groups excluding carboxylic acids is 1. The van der Waals surface area contributed by atoms with Crippen molar-refractivity contribution in [3.05, 3.63) is 99.0 Å². The Kier molecular flexibility index (Phi) is 6.85. The van der Waals surface area contributed by atoms with Crippen LogP contribution in [0.25, 0.3) is 10.6 Å². The van der Waals surface area contributed by atoms with Crippen LogP contribution in [0.4, 0.5) is 8.78 Å². The van der Waals surface area contributed by atoms with E-state index in [0.717, 1.165) is 36.2 Å². The summed E-state index contributed by atoms with van der Waals surface area (Å²) in [5, 5.41) is 14.4. The number of nitrogens with one attached hydrogen (secondary N) is 1. The number of benzene rings is 1. The summed E-state index contributed by atoms with van der Waals surface area (Å²) in [4.78, 5) is 27.5. The van der Waals surface area contributed by atoms with E-state index in [4.69, 9.17) is 4.74 Å². The Morgan fingerprint density at radius 3 is 2.71 bits per heavy atom. The Labute approximate surface area is 239 Å². The first kappa shape index (κ1) is 27.1. The standard InChI is InChI=1S/C30H29F2N5O3S/c1-4-19(23(32)12-17(2)31)14-24-34-35-29(41-24)21-15-37-25(27(26(21)38)40-16-18-8-6-5-7-9-18)28(39)33-30(36(37)3)11-10-20-13-22(20)30/h4-9,12,15,20,22H,2,10-11,13-14,16H2,1,3H3,(H,33,39)/b19-4-,23-12+. The van der Waals surface area contributed by atoms with E-state index in [1.807, 2.05) is 42.4 Å². The summed E-state index contributed by atoms with van der Waals surface area (Å²) in [6, 6.07) is 9.39.